The summed E-state index contributed by atoms with van der Waals surface area (Å²) in [7, 11) is 2.07. The molecule has 0 aromatic heterocycles. The standard InChI is InChI=1S/C12H18BrNOS/c1-9(8-16-3)14(2)12-6-11(13)5-4-10(12)7-15/h4-6,9,15H,7-8H2,1-3H3. The first-order valence-corrected chi connectivity index (χ1v) is 7.40. The lowest BCUT2D eigenvalue weighted by Gasteiger charge is -2.28. The highest BCUT2D eigenvalue weighted by Gasteiger charge is 2.13. The lowest BCUT2D eigenvalue weighted by Crippen LogP contribution is -2.31. The molecule has 4 heteroatoms. The zero-order chi connectivity index (χ0) is 12.1. The van der Waals surface area contributed by atoms with Crippen molar-refractivity contribution in [1.82, 2.24) is 0 Å². The zero-order valence-corrected chi connectivity index (χ0v) is 12.3. The Morgan fingerprint density at radius 3 is 2.75 bits per heavy atom. The number of rotatable bonds is 5. The van der Waals surface area contributed by atoms with E-state index < -0.39 is 0 Å². The quantitative estimate of drug-likeness (QED) is 0.904. The van der Waals surface area contributed by atoms with E-state index in [-0.39, 0.29) is 6.61 Å². The van der Waals surface area contributed by atoms with E-state index in [0.717, 1.165) is 21.5 Å². The minimum absolute atomic E-state index is 0.0823. The molecule has 0 radical (unpaired) electrons. The monoisotopic (exact) mass is 303 g/mol. The highest BCUT2D eigenvalue weighted by molar-refractivity contribution is 9.10. The average Bonchev–Trinajstić information content (AvgIpc) is 2.28. The summed E-state index contributed by atoms with van der Waals surface area (Å²) in [5.41, 5.74) is 2.07. The van der Waals surface area contributed by atoms with Crippen LogP contribution in [-0.2, 0) is 6.61 Å². The third-order valence-electron chi connectivity index (χ3n) is 2.67. The molecule has 16 heavy (non-hydrogen) atoms. The van der Waals surface area contributed by atoms with Gasteiger partial charge in [0, 0.05) is 34.6 Å². The van der Waals surface area contributed by atoms with Crippen LogP contribution in [0.2, 0.25) is 0 Å². The second-order valence-electron chi connectivity index (χ2n) is 3.85. The van der Waals surface area contributed by atoms with Crippen LogP contribution in [0, 0.1) is 0 Å². The van der Waals surface area contributed by atoms with Gasteiger partial charge in [0.1, 0.15) is 0 Å². The summed E-state index contributed by atoms with van der Waals surface area (Å²) < 4.78 is 1.04. The van der Waals surface area contributed by atoms with Crippen LogP contribution in [0.3, 0.4) is 0 Å². The Morgan fingerprint density at radius 1 is 1.50 bits per heavy atom. The number of halogens is 1. The second-order valence-corrected chi connectivity index (χ2v) is 5.67. The molecule has 0 saturated heterocycles. The Bertz CT molecular complexity index is 346. The number of hydrogen-bond donors (Lipinski definition) is 1. The molecule has 0 bridgehead atoms. The maximum absolute atomic E-state index is 9.32. The predicted molar refractivity (Wildman–Crippen MR) is 76.3 cm³/mol. The van der Waals surface area contributed by atoms with Gasteiger partial charge in [-0.25, -0.2) is 0 Å². The van der Waals surface area contributed by atoms with Gasteiger partial charge in [0.25, 0.3) is 0 Å². The molecule has 1 unspecified atom stereocenters. The fourth-order valence-electron chi connectivity index (χ4n) is 1.59. The van der Waals surface area contributed by atoms with E-state index in [1.54, 1.807) is 0 Å². The van der Waals surface area contributed by atoms with Gasteiger partial charge < -0.3 is 10.0 Å². The van der Waals surface area contributed by atoms with Crippen LogP contribution in [0.25, 0.3) is 0 Å². The molecule has 0 heterocycles. The van der Waals surface area contributed by atoms with E-state index in [0.29, 0.717) is 6.04 Å². The Morgan fingerprint density at radius 2 is 2.19 bits per heavy atom. The average molecular weight is 304 g/mol. The smallest absolute Gasteiger partial charge is 0.0702 e. The number of hydrogen-bond acceptors (Lipinski definition) is 3. The zero-order valence-electron chi connectivity index (χ0n) is 9.90. The highest BCUT2D eigenvalue weighted by atomic mass is 79.9. The summed E-state index contributed by atoms with van der Waals surface area (Å²) >= 11 is 5.30. The summed E-state index contributed by atoms with van der Waals surface area (Å²) in [6, 6.07) is 6.43. The van der Waals surface area contributed by atoms with Gasteiger partial charge in [0.2, 0.25) is 0 Å². The van der Waals surface area contributed by atoms with E-state index >= 15 is 0 Å². The first-order valence-electron chi connectivity index (χ1n) is 5.21. The maximum atomic E-state index is 9.32. The summed E-state index contributed by atoms with van der Waals surface area (Å²) in [6.45, 7) is 2.28. The van der Waals surface area contributed by atoms with Crippen molar-refractivity contribution in [2.24, 2.45) is 0 Å². The molecule has 1 rings (SSSR count). The van der Waals surface area contributed by atoms with Crippen LogP contribution in [0.5, 0.6) is 0 Å². The third kappa shape index (κ3) is 3.40. The molecule has 0 amide bonds. The first kappa shape index (κ1) is 13.9. The van der Waals surface area contributed by atoms with Crippen molar-refractivity contribution in [1.29, 1.82) is 0 Å². The number of benzene rings is 1. The fraction of sp³-hybridized carbons (Fsp3) is 0.500. The van der Waals surface area contributed by atoms with Crippen LogP contribution >= 0.6 is 27.7 Å². The topological polar surface area (TPSA) is 23.5 Å². The molecule has 0 saturated carbocycles. The molecule has 1 aromatic carbocycles. The van der Waals surface area contributed by atoms with Crippen LogP contribution in [-0.4, -0.2) is 30.2 Å². The van der Waals surface area contributed by atoms with E-state index in [9.17, 15) is 5.11 Å². The molecular weight excluding hydrogens is 286 g/mol. The molecule has 0 spiro atoms. The Labute approximate surface area is 110 Å². The van der Waals surface area contributed by atoms with Crippen molar-refractivity contribution in [3.63, 3.8) is 0 Å². The van der Waals surface area contributed by atoms with Crippen molar-refractivity contribution >= 4 is 33.4 Å². The molecular formula is C12H18BrNOS. The molecule has 0 aliphatic rings. The van der Waals surface area contributed by atoms with Crippen LogP contribution in [0.15, 0.2) is 22.7 Å². The maximum Gasteiger partial charge on any atom is 0.0702 e. The highest BCUT2D eigenvalue weighted by Crippen LogP contribution is 2.26. The van der Waals surface area contributed by atoms with Gasteiger partial charge >= 0.3 is 0 Å². The van der Waals surface area contributed by atoms with Crippen molar-refractivity contribution in [3.05, 3.63) is 28.2 Å². The molecule has 90 valence electrons. The summed E-state index contributed by atoms with van der Waals surface area (Å²) in [5, 5.41) is 9.32. The summed E-state index contributed by atoms with van der Waals surface area (Å²) in [6.07, 6.45) is 2.11. The lowest BCUT2D eigenvalue weighted by molar-refractivity contribution is 0.282. The molecule has 2 nitrogen and oxygen atoms in total. The number of thioether (sulfide) groups is 1. The van der Waals surface area contributed by atoms with Crippen molar-refractivity contribution in [3.8, 4) is 0 Å². The van der Waals surface area contributed by atoms with Gasteiger partial charge in [-0.05, 0) is 25.3 Å². The van der Waals surface area contributed by atoms with Gasteiger partial charge in [0.05, 0.1) is 6.61 Å². The Kier molecular flexibility index (Phi) is 5.66. The Hall–Kier alpha value is -0.190. The lowest BCUT2D eigenvalue weighted by atomic mass is 10.1. The SMILES string of the molecule is CSCC(C)N(C)c1cc(Br)ccc1CO. The minimum atomic E-state index is 0.0823. The molecule has 1 atom stereocenters. The van der Waals surface area contributed by atoms with Gasteiger partial charge in [-0.1, -0.05) is 22.0 Å². The van der Waals surface area contributed by atoms with E-state index in [4.69, 9.17) is 0 Å². The van der Waals surface area contributed by atoms with Gasteiger partial charge in [0.15, 0.2) is 0 Å². The van der Waals surface area contributed by atoms with Crippen molar-refractivity contribution in [2.45, 2.75) is 19.6 Å². The van der Waals surface area contributed by atoms with Gasteiger partial charge in [-0.2, -0.15) is 11.8 Å². The molecule has 0 fully saturated rings. The second kappa shape index (κ2) is 6.52. The normalized spacial score (nSPS) is 12.6. The molecule has 0 aliphatic heterocycles. The molecule has 1 N–H and O–H groups in total. The number of nitrogens with zero attached hydrogens (tertiary/aromatic N) is 1. The largest absolute Gasteiger partial charge is 0.392 e. The Balaban J connectivity index is 2.96. The molecule has 1 aromatic rings. The summed E-state index contributed by atoms with van der Waals surface area (Å²) in [5.74, 6) is 1.08. The van der Waals surface area contributed by atoms with E-state index in [2.05, 4.69) is 47.1 Å². The van der Waals surface area contributed by atoms with Crippen LogP contribution in [0.4, 0.5) is 5.69 Å². The van der Waals surface area contributed by atoms with E-state index in [1.165, 1.54) is 0 Å². The van der Waals surface area contributed by atoms with Crippen molar-refractivity contribution in [2.75, 3.05) is 24.0 Å². The van der Waals surface area contributed by atoms with Gasteiger partial charge in [-0.15, -0.1) is 0 Å². The van der Waals surface area contributed by atoms with E-state index in [1.807, 2.05) is 23.9 Å². The number of anilines is 1. The summed E-state index contributed by atoms with van der Waals surface area (Å²) in [4.78, 5) is 2.22. The fourth-order valence-corrected chi connectivity index (χ4v) is 2.64. The number of aliphatic hydroxyl groups excluding tert-OH is 1. The molecule has 0 aliphatic carbocycles. The third-order valence-corrected chi connectivity index (χ3v) is 3.98. The van der Waals surface area contributed by atoms with Crippen molar-refractivity contribution < 1.29 is 5.11 Å². The van der Waals surface area contributed by atoms with Crippen LogP contribution < -0.4 is 4.90 Å². The predicted octanol–water partition coefficient (Wildman–Crippen LogP) is 3.13. The van der Waals surface area contributed by atoms with Crippen LogP contribution in [0.1, 0.15) is 12.5 Å². The minimum Gasteiger partial charge on any atom is -0.392 e. The van der Waals surface area contributed by atoms with Gasteiger partial charge in [-0.3, -0.25) is 0 Å². The number of aliphatic hydroxyl groups is 1. The first-order chi connectivity index (χ1) is 7.60.